The molecule has 0 saturated carbocycles. The summed E-state index contributed by atoms with van der Waals surface area (Å²) in [6, 6.07) is 12.1. The number of carbonyl (C=O) groups is 2. The molecule has 152 valence electrons. The minimum absolute atomic E-state index is 0.0815. The van der Waals surface area contributed by atoms with Gasteiger partial charge in [0, 0.05) is 36.6 Å². The van der Waals surface area contributed by atoms with Crippen molar-refractivity contribution < 1.29 is 18.0 Å². The minimum Gasteiger partial charge on any atom is -0.336 e. The summed E-state index contributed by atoms with van der Waals surface area (Å²) in [4.78, 5) is 27.3. The smallest absolute Gasteiger partial charge is 0.254 e. The van der Waals surface area contributed by atoms with E-state index in [0.717, 1.165) is 10.5 Å². The maximum absolute atomic E-state index is 12.9. The van der Waals surface area contributed by atoms with Crippen LogP contribution in [0.5, 0.6) is 0 Å². The number of fused-ring (bicyclic) bond motifs is 1. The van der Waals surface area contributed by atoms with E-state index in [-0.39, 0.29) is 29.8 Å². The number of nitrogens with zero attached hydrogens (tertiary/aromatic N) is 2. The van der Waals surface area contributed by atoms with E-state index in [9.17, 15) is 18.0 Å². The lowest BCUT2D eigenvalue weighted by molar-refractivity contribution is -0.113. The lowest BCUT2D eigenvalue weighted by Crippen LogP contribution is -2.50. The maximum Gasteiger partial charge on any atom is 0.254 e. The average molecular weight is 432 g/mol. The number of rotatable bonds is 3. The Kier molecular flexibility index (Phi) is 5.37. The van der Waals surface area contributed by atoms with Gasteiger partial charge in [-0.25, -0.2) is 8.42 Å². The van der Waals surface area contributed by atoms with Gasteiger partial charge in [0.1, 0.15) is 0 Å². The number of nitrogens with one attached hydrogen (secondary N) is 1. The maximum atomic E-state index is 12.9. The third-order valence-corrected chi connectivity index (χ3v) is 8.03. The monoisotopic (exact) mass is 431 g/mol. The lowest BCUT2D eigenvalue weighted by atomic mass is 10.1. The molecule has 29 heavy (non-hydrogen) atoms. The van der Waals surface area contributed by atoms with Gasteiger partial charge in [0.15, 0.2) is 0 Å². The number of piperazine rings is 1. The Balaban J connectivity index is 1.44. The van der Waals surface area contributed by atoms with Gasteiger partial charge in [-0.2, -0.15) is 4.31 Å². The van der Waals surface area contributed by atoms with E-state index in [4.69, 9.17) is 0 Å². The molecule has 4 rings (SSSR count). The van der Waals surface area contributed by atoms with Crippen LogP contribution < -0.4 is 5.32 Å². The Hall–Kier alpha value is -2.36. The predicted octanol–water partition coefficient (Wildman–Crippen LogP) is 2.19. The Morgan fingerprint density at radius 2 is 1.72 bits per heavy atom. The number of aryl methyl sites for hydroxylation is 1. The molecule has 0 radical (unpaired) electrons. The summed E-state index contributed by atoms with van der Waals surface area (Å²) in [6.45, 7) is 3.05. The summed E-state index contributed by atoms with van der Waals surface area (Å²) in [5, 5.41) is 2.79. The van der Waals surface area contributed by atoms with Gasteiger partial charge in [-0.1, -0.05) is 17.7 Å². The number of hydrogen-bond acceptors (Lipinski definition) is 5. The Labute approximate surface area is 174 Å². The van der Waals surface area contributed by atoms with Crippen molar-refractivity contribution in [1.29, 1.82) is 0 Å². The molecule has 1 saturated heterocycles. The molecule has 0 unspecified atom stereocenters. The molecule has 2 aromatic rings. The van der Waals surface area contributed by atoms with Gasteiger partial charge >= 0.3 is 0 Å². The Morgan fingerprint density at radius 3 is 2.41 bits per heavy atom. The highest BCUT2D eigenvalue weighted by Gasteiger charge is 2.30. The number of sulfonamides is 1. The van der Waals surface area contributed by atoms with Crippen molar-refractivity contribution in [2.45, 2.75) is 16.7 Å². The second-order valence-corrected chi connectivity index (χ2v) is 10.0. The highest BCUT2D eigenvalue weighted by molar-refractivity contribution is 8.00. The number of carbonyl (C=O) groups excluding carboxylic acids is 2. The zero-order valence-corrected chi connectivity index (χ0v) is 17.6. The van der Waals surface area contributed by atoms with Gasteiger partial charge < -0.3 is 10.2 Å². The molecule has 2 amide bonds. The summed E-state index contributed by atoms with van der Waals surface area (Å²) < 4.78 is 27.1. The molecule has 2 aromatic carbocycles. The van der Waals surface area contributed by atoms with Gasteiger partial charge in [-0.3, -0.25) is 9.59 Å². The summed E-state index contributed by atoms with van der Waals surface area (Å²) in [6.07, 6.45) is 0. The van der Waals surface area contributed by atoms with Crippen molar-refractivity contribution in [2.75, 3.05) is 37.2 Å². The standard InChI is InChI=1S/C20H21N3O4S2/c1-14-2-5-16(6-3-14)29(26,27)23-10-8-22(9-11-23)20(25)15-4-7-18-17(12-15)21-19(24)13-28-18/h2-7,12H,8-11,13H2,1H3,(H,21,24). The molecule has 0 bridgehead atoms. The van der Waals surface area contributed by atoms with Crippen LogP contribution in [-0.2, 0) is 14.8 Å². The van der Waals surface area contributed by atoms with E-state index >= 15 is 0 Å². The van der Waals surface area contributed by atoms with Crippen molar-refractivity contribution in [1.82, 2.24) is 9.21 Å². The number of benzene rings is 2. The molecule has 2 aliphatic rings. The molecule has 7 nitrogen and oxygen atoms in total. The molecule has 0 spiro atoms. The molecular formula is C20H21N3O4S2. The summed E-state index contributed by atoms with van der Waals surface area (Å²) in [5.41, 5.74) is 2.14. The van der Waals surface area contributed by atoms with E-state index in [1.165, 1.54) is 16.1 Å². The minimum atomic E-state index is -3.57. The normalized spacial score (nSPS) is 17.6. The first-order chi connectivity index (χ1) is 13.8. The first kappa shape index (κ1) is 19.9. The Morgan fingerprint density at radius 1 is 1.03 bits per heavy atom. The highest BCUT2D eigenvalue weighted by Crippen LogP contribution is 2.32. The van der Waals surface area contributed by atoms with Crippen molar-refractivity contribution in [3.05, 3.63) is 53.6 Å². The van der Waals surface area contributed by atoms with Crippen molar-refractivity contribution in [2.24, 2.45) is 0 Å². The summed E-state index contributed by atoms with van der Waals surface area (Å²) >= 11 is 1.44. The van der Waals surface area contributed by atoms with Crippen LogP contribution in [0.2, 0.25) is 0 Å². The van der Waals surface area contributed by atoms with Crippen LogP contribution in [0.4, 0.5) is 5.69 Å². The quantitative estimate of drug-likeness (QED) is 0.805. The molecule has 2 heterocycles. The molecule has 2 aliphatic heterocycles. The van der Waals surface area contributed by atoms with Crippen molar-refractivity contribution >= 4 is 39.3 Å². The molecule has 9 heteroatoms. The molecule has 1 N–H and O–H groups in total. The fraction of sp³-hybridized carbons (Fsp3) is 0.300. The van der Waals surface area contributed by atoms with Gasteiger partial charge in [-0.05, 0) is 37.3 Å². The van der Waals surface area contributed by atoms with Crippen LogP contribution in [0.15, 0.2) is 52.3 Å². The average Bonchev–Trinajstić information content (AvgIpc) is 2.73. The third kappa shape index (κ3) is 4.03. The number of anilines is 1. The fourth-order valence-corrected chi connectivity index (χ4v) is 5.60. The molecule has 0 atom stereocenters. The molecule has 0 aromatic heterocycles. The number of hydrogen-bond donors (Lipinski definition) is 1. The SMILES string of the molecule is Cc1ccc(S(=O)(=O)N2CCN(C(=O)c3ccc4c(c3)NC(=O)CS4)CC2)cc1. The van der Waals surface area contributed by atoms with Crippen LogP contribution in [0.3, 0.4) is 0 Å². The number of thioether (sulfide) groups is 1. The van der Waals surface area contributed by atoms with Gasteiger partial charge in [0.05, 0.1) is 16.3 Å². The van der Waals surface area contributed by atoms with Crippen LogP contribution in [0.1, 0.15) is 15.9 Å². The van der Waals surface area contributed by atoms with Crippen LogP contribution in [0, 0.1) is 6.92 Å². The molecule has 1 fully saturated rings. The third-order valence-electron chi connectivity index (χ3n) is 5.04. The van der Waals surface area contributed by atoms with E-state index < -0.39 is 10.0 Å². The van der Waals surface area contributed by atoms with E-state index in [2.05, 4.69) is 5.32 Å². The first-order valence-electron chi connectivity index (χ1n) is 9.27. The largest absolute Gasteiger partial charge is 0.336 e. The molecular weight excluding hydrogens is 410 g/mol. The van der Waals surface area contributed by atoms with Crippen molar-refractivity contribution in [3.8, 4) is 0 Å². The van der Waals surface area contributed by atoms with Crippen LogP contribution >= 0.6 is 11.8 Å². The molecule has 0 aliphatic carbocycles. The van der Waals surface area contributed by atoms with Gasteiger partial charge in [0.25, 0.3) is 5.91 Å². The van der Waals surface area contributed by atoms with E-state index in [1.807, 2.05) is 13.0 Å². The highest BCUT2D eigenvalue weighted by atomic mass is 32.2. The van der Waals surface area contributed by atoms with Crippen molar-refractivity contribution in [3.63, 3.8) is 0 Å². The van der Waals surface area contributed by atoms with Crippen LogP contribution in [0.25, 0.3) is 0 Å². The zero-order valence-electron chi connectivity index (χ0n) is 15.9. The topological polar surface area (TPSA) is 86.8 Å². The predicted molar refractivity (Wildman–Crippen MR) is 112 cm³/mol. The zero-order chi connectivity index (χ0) is 20.6. The lowest BCUT2D eigenvalue weighted by Gasteiger charge is -2.34. The summed E-state index contributed by atoms with van der Waals surface area (Å²) in [5.74, 6) is 0.129. The fourth-order valence-electron chi connectivity index (χ4n) is 3.39. The Bertz CT molecular complexity index is 1060. The first-order valence-corrected chi connectivity index (χ1v) is 11.7. The van der Waals surface area contributed by atoms with Crippen LogP contribution in [-0.4, -0.2) is 61.4 Å². The van der Waals surface area contributed by atoms with E-state index in [0.29, 0.717) is 30.1 Å². The van der Waals surface area contributed by atoms with Gasteiger partial charge in [-0.15, -0.1) is 11.8 Å². The summed E-state index contributed by atoms with van der Waals surface area (Å²) in [7, 11) is -3.57. The second kappa shape index (κ2) is 7.81. The second-order valence-electron chi connectivity index (χ2n) is 7.06. The van der Waals surface area contributed by atoms with Gasteiger partial charge in [0.2, 0.25) is 15.9 Å². The van der Waals surface area contributed by atoms with E-state index in [1.54, 1.807) is 41.3 Å². The number of amides is 2.